The second-order valence-corrected chi connectivity index (χ2v) is 4.30. The van der Waals surface area contributed by atoms with E-state index < -0.39 is 0 Å². The highest BCUT2D eigenvalue weighted by Crippen LogP contribution is 2.44. The zero-order valence-corrected chi connectivity index (χ0v) is 8.41. The number of hydrazine groups is 1. The maximum Gasteiger partial charge on any atom is 0.0571 e. The van der Waals surface area contributed by atoms with Gasteiger partial charge in [-0.25, -0.2) is 5.84 Å². The number of benzene rings is 1. The average Bonchev–Trinajstić information content (AvgIpc) is 2.30. The van der Waals surface area contributed by atoms with Gasteiger partial charge in [-0.05, 0) is 25.5 Å². The molecule has 13 heavy (non-hydrogen) atoms. The summed E-state index contributed by atoms with van der Waals surface area (Å²) < 4.78 is 0. The van der Waals surface area contributed by atoms with Crippen LogP contribution in [0.1, 0.15) is 32.3 Å². The first-order valence-corrected chi connectivity index (χ1v) is 4.69. The van der Waals surface area contributed by atoms with Crippen molar-refractivity contribution in [1.82, 2.24) is 0 Å². The van der Waals surface area contributed by atoms with Gasteiger partial charge in [-0.15, -0.1) is 0 Å². The second kappa shape index (κ2) is 2.48. The Morgan fingerprint density at radius 3 is 2.54 bits per heavy atom. The Hall–Kier alpha value is -1.02. The molecule has 1 aliphatic rings. The molecule has 0 saturated carbocycles. The third-order valence-corrected chi connectivity index (χ3v) is 3.34. The van der Waals surface area contributed by atoms with Crippen LogP contribution in [0.25, 0.3) is 0 Å². The molecule has 0 bridgehead atoms. The molecular weight excluding hydrogens is 160 g/mol. The summed E-state index contributed by atoms with van der Waals surface area (Å²) in [6.07, 6.45) is 0. The summed E-state index contributed by atoms with van der Waals surface area (Å²) in [5.74, 6) is 6.54. The summed E-state index contributed by atoms with van der Waals surface area (Å²) in [6.45, 7) is 6.58. The van der Waals surface area contributed by atoms with Crippen molar-refractivity contribution in [3.05, 3.63) is 29.8 Å². The fourth-order valence-electron chi connectivity index (χ4n) is 1.97. The predicted octanol–water partition coefficient (Wildman–Crippen LogP) is 2.26. The van der Waals surface area contributed by atoms with Gasteiger partial charge in [0.25, 0.3) is 0 Å². The Bertz CT molecular complexity index is 300. The molecule has 1 aromatic carbocycles. The molecule has 1 unspecified atom stereocenters. The van der Waals surface area contributed by atoms with E-state index in [0.717, 1.165) is 0 Å². The molecule has 0 radical (unpaired) electrons. The Morgan fingerprint density at radius 1 is 1.31 bits per heavy atom. The second-order valence-electron chi connectivity index (χ2n) is 4.30. The highest BCUT2D eigenvalue weighted by atomic mass is 15.5. The highest BCUT2D eigenvalue weighted by molar-refractivity contribution is 5.62. The fraction of sp³-hybridized carbons (Fsp3) is 0.455. The molecule has 0 saturated heterocycles. The molecule has 2 nitrogen and oxygen atoms in total. The number of rotatable bonds is 0. The quantitative estimate of drug-likeness (QED) is 0.614. The standard InChI is InChI=1S/C11H16N2/c1-8-9-6-4-5-7-10(9)13(12)11(8,2)3/h4-8H,12H2,1-3H3. The van der Waals surface area contributed by atoms with E-state index in [1.54, 1.807) is 0 Å². The van der Waals surface area contributed by atoms with Gasteiger partial charge in [0.05, 0.1) is 11.2 Å². The first kappa shape index (κ1) is 8.57. The van der Waals surface area contributed by atoms with Crippen LogP contribution >= 0.6 is 0 Å². The van der Waals surface area contributed by atoms with Gasteiger partial charge in [0.1, 0.15) is 0 Å². The van der Waals surface area contributed by atoms with E-state index in [-0.39, 0.29) is 5.54 Å². The maximum atomic E-state index is 6.05. The summed E-state index contributed by atoms with van der Waals surface area (Å²) in [4.78, 5) is 0. The fourth-order valence-corrected chi connectivity index (χ4v) is 1.97. The van der Waals surface area contributed by atoms with Crippen molar-refractivity contribution in [1.29, 1.82) is 0 Å². The van der Waals surface area contributed by atoms with Crippen LogP contribution in [0.2, 0.25) is 0 Å². The minimum Gasteiger partial charge on any atom is -0.305 e. The van der Waals surface area contributed by atoms with Gasteiger partial charge in [-0.3, -0.25) is 0 Å². The monoisotopic (exact) mass is 176 g/mol. The van der Waals surface area contributed by atoms with Crippen LogP contribution < -0.4 is 10.9 Å². The number of nitrogens with zero attached hydrogens (tertiary/aromatic N) is 1. The number of hydrogen-bond acceptors (Lipinski definition) is 2. The van der Waals surface area contributed by atoms with E-state index in [2.05, 4.69) is 39.0 Å². The van der Waals surface area contributed by atoms with Crippen molar-refractivity contribution in [2.24, 2.45) is 5.84 Å². The minimum atomic E-state index is 0.0314. The van der Waals surface area contributed by atoms with Gasteiger partial charge in [0.2, 0.25) is 0 Å². The first-order chi connectivity index (χ1) is 6.05. The lowest BCUT2D eigenvalue weighted by Gasteiger charge is -2.32. The van der Waals surface area contributed by atoms with Crippen molar-refractivity contribution in [2.75, 3.05) is 5.01 Å². The Morgan fingerprint density at radius 2 is 1.92 bits per heavy atom. The zero-order chi connectivity index (χ0) is 9.64. The number of nitrogens with two attached hydrogens (primary N) is 1. The van der Waals surface area contributed by atoms with Gasteiger partial charge in [-0.1, -0.05) is 25.1 Å². The Balaban J connectivity index is 2.57. The van der Waals surface area contributed by atoms with Crippen LogP contribution in [-0.2, 0) is 0 Å². The topological polar surface area (TPSA) is 29.3 Å². The van der Waals surface area contributed by atoms with Crippen LogP contribution in [-0.4, -0.2) is 5.54 Å². The molecular formula is C11H16N2. The Labute approximate surface area is 79.3 Å². The Kier molecular flexibility index (Phi) is 1.64. The SMILES string of the molecule is CC1c2ccccc2N(N)C1(C)C. The van der Waals surface area contributed by atoms with Crippen LogP contribution in [0.5, 0.6) is 0 Å². The minimum absolute atomic E-state index is 0.0314. The van der Waals surface area contributed by atoms with Crippen molar-refractivity contribution >= 4 is 5.69 Å². The summed E-state index contributed by atoms with van der Waals surface area (Å²) >= 11 is 0. The van der Waals surface area contributed by atoms with E-state index in [4.69, 9.17) is 5.84 Å². The van der Waals surface area contributed by atoms with E-state index in [9.17, 15) is 0 Å². The molecule has 2 rings (SSSR count). The lowest BCUT2D eigenvalue weighted by molar-refractivity contribution is 0.429. The van der Waals surface area contributed by atoms with Crippen molar-refractivity contribution in [2.45, 2.75) is 32.2 Å². The molecule has 0 spiro atoms. The van der Waals surface area contributed by atoms with Gasteiger partial charge < -0.3 is 5.01 Å². The normalized spacial score (nSPS) is 24.6. The summed E-state index contributed by atoms with van der Waals surface area (Å²) in [5, 5.41) is 1.88. The first-order valence-electron chi connectivity index (χ1n) is 4.69. The highest BCUT2D eigenvalue weighted by Gasteiger charge is 2.40. The average molecular weight is 176 g/mol. The van der Waals surface area contributed by atoms with Crippen LogP contribution in [0.4, 0.5) is 5.69 Å². The zero-order valence-electron chi connectivity index (χ0n) is 8.41. The molecule has 0 aromatic heterocycles. The van der Waals surface area contributed by atoms with Crippen LogP contribution in [0.15, 0.2) is 24.3 Å². The van der Waals surface area contributed by atoms with Gasteiger partial charge in [0.15, 0.2) is 0 Å². The molecule has 1 atom stereocenters. The molecule has 1 aliphatic heterocycles. The van der Waals surface area contributed by atoms with E-state index in [1.807, 2.05) is 11.1 Å². The summed E-state index contributed by atoms with van der Waals surface area (Å²) in [6, 6.07) is 8.35. The van der Waals surface area contributed by atoms with Gasteiger partial charge >= 0.3 is 0 Å². The molecule has 1 heterocycles. The lowest BCUT2D eigenvalue weighted by Crippen LogP contribution is -2.47. The van der Waals surface area contributed by atoms with Crippen molar-refractivity contribution in [3.8, 4) is 0 Å². The van der Waals surface area contributed by atoms with E-state index in [0.29, 0.717) is 5.92 Å². The maximum absolute atomic E-state index is 6.05. The molecule has 2 heteroatoms. The number of anilines is 1. The number of para-hydroxylation sites is 1. The van der Waals surface area contributed by atoms with Gasteiger partial charge in [-0.2, -0.15) is 0 Å². The van der Waals surface area contributed by atoms with E-state index >= 15 is 0 Å². The molecule has 0 fully saturated rings. The summed E-state index contributed by atoms with van der Waals surface area (Å²) in [5.41, 5.74) is 2.55. The largest absolute Gasteiger partial charge is 0.305 e. The van der Waals surface area contributed by atoms with Crippen LogP contribution in [0.3, 0.4) is 0 Å². The third kappa shape index (κ3) is 0.985. The van der Waals surface area contributed by atoms with Gasteiger partial charge in [0, 0.05) is 5.92 Å². The molecule has 2 N–H and O–H groups in total. The predicted molar refractivity (Wildman–Crippen MR) is 55.6 cm³/mol. The molecule has 70 valence electrons. The summed E-state index contributed by atoms with van der Waals surface area (Å²) in [7, 11) is 0. The smallest absolute Gasteiger partial charge is 0.0571 e. The molecule has 0 amide bonds. The van der Waals surface area contributed by atoms with E-state index in [1.165, 1.54) is 11.3 Å². The van der Waals surface area contributed by atoms with Crippen molar-refractivity contribution < 1.29 is 0 Å². The number of fused-ring (bicyclic) bond motifs is 1. The third-order valence-electron chi connectivity index (χ3n) is 3.34. The van der Waals surface area contributed by atoms with Crippen molar-refractivity contribution in [3.63, 3.8) is 0 Å². The molecule has 0 aliphatic carbocycles. The lowest BCUT2D eigenvalue weighted by atomic mass is 9.87. The number of hydrogen-bond donors (Lipinski definition) is 1. The van der Waals surface area contributed by atoms with Crippen LogP contribution in [0, 0.1) is 0 Å². The molecule has 1 aromatic rings.